The lowest BCUT2D eigenvalue weighted by Crippen LogP contribution is -2.49. The van der Waals surface area contributed by atoms with Crippen molar-refractivity contribution in [2.24, 2.45) is 21.7 Å². The van der Waals surface area contributed by atoms with Crippen molar-refractivity contribution in [2.45, 2.75) is 85.6 Å². The average Bonchev–Trinajstić information content (AvgIpc) is 3.65. The van der Waals surface area contributed by atoms with Crippen LogP contribution in [0.3, 0.4) is 0 Å². The van der Waals surface area contributed by atoms with Crippen molar-refractivity contribution in [3.63, 3.8) is 0 Å². The Morgan fingerprint density at radius 1 is 0.560 bits per heavy atom. The van der Waals surface area contributed by atoms with Crippen molar-refractivity contribution in [3.8, 4) is 0 Å². The normalized spacial score (nSPS) is 13.1. The van der Waals surface area contributed by atoms with Crippen LogP contribution in [0.5, 0.6) is 0 Å². The number of carboxylic acids is 4. The summed E-state index contributed by atoms with van der Waals surface area (Å²) in [4.78, 5) is 169. The second kappa shape index (κ2) is 33.7. The minimum absolute atomic E-state index is 0.00155. The molecule has 6 atom stereocenters. The van der Waals surface area contributed by atoms with Crippen molar-refractivity contribution in [2.75, 3.05) is 24.6 Å². The summed E-state index contributed by atoms with van der Waals surface area (Å²) in [5.74, 6) is -13.0. The molecule has 36 heteroatoms. The molecule has 0 fully saturated rings. The van der Waals surface area contributed by atoms with Crippen LogP contribution in [0, 0.1) is 20.2 Å². The number of benzene rings is 3. The molecular formula is C48H56N14O20S2. The van der Waals surface area contributed by atoms with E-state index in [2.05, 4.69) is 53.0 Å². The van der Waals surface area contributed by atoms with E-state index in [4.69, 9.17) is 31.9 Å². The summed E-state index contributed by atoms with van der Waals surface area (Å²) < 4.78 is 0. The summed E-state index contributed by atoms with van der Waals surface area (Å²) in [7, 11) is 0. The molecule has 450 valence electrons. The van der Waals surface area contributed by atoms with E-state index in [0.717, 1.165) is 54.2 Å². The van der Waals surface area contributed by atoms with Gasteiger partial charge < -0.3 is 63.8 Å². The number of aliphatic carboxylic acids is 4. The fourth-order valence-electron chi connectivity index (χ4n) is 6.42. The van der Waals surface area contributed by atoms with Gasteiger partial charge in [0.1, 0.15) is 49.3 Å². The van der Waals surface area contributed by atoms with Crippen molar-refractivity contribution in [1.29, 1.82) is 0 Å². The molecule has 3 aromatic carbocycles. The number of rotatable bonds is 34. The van der Waals surface area contributed by atoms with Gasteiger partial charge in [-0.25, -0.2) is 10.9 Å². The minimum Gasteiger partial charge on any atom is -0.480 e. The Bertz CT molecular complexity index is 2890. The number of nitrogens with zero attached hydrogens (tertiary/aromatic N) is 4. The number of hydrogen-bond donors (Lipinski definition) is 14. The highest BCUT2D eigenvalue weighted by atomic mass is 32.2. The number of nitro benzene ring substituents is 2. The number of thioether (sulfide) groups is 2. The van der Waals surface area contributed by atoms with E-state index in [0.29, 0.717) is 0 Å². The molecule has 84 heavy (non-hydrogen) atoms. The number of nitrogens with one attached hydrogen (secondary N) is 8. The topological polar surface area (TPSA) is 545 Å². The molecule has 0 aliphatic rings. The third-order valence-corrected chi connectivity index (χ3v) is 13.3. The third kappa shape index (κ3) is 23.6. The van der Waals surface area contributed by atoms with E-state index < -0.39 is 155 Å². The summed E-state index contributed by atoms with van der Waals surface area (Å²) in [6, 6.07) is 4.48. The van der Waals surface area contributed by atoms with E-state index in [1.165, 1.54) is 56.3 Å². The largest absolute Gasteiger partial charge is 0.480 e. The molecule has 0 radical (unpaired) electrons. The molecule has 0 aliphatic heterocycles. The number of nitrogens with two attached hydrogens (primary N) is 2. The fraction of sp³-hybridized carbons (Fsp3) is 0.333. The first-order chi connectivity index (χ1) is 39.6. The van der Waals surface area contributed by atoms with E-state index in [1.54, 1.807) is 0 Å². The predicted octanol–water partition coefficient (Wildman–Crippen LogP) is -2.02. The summed E-state index contributed by atoms with van der Waals surface area (Å²) in [5, 5.41) is 81.1. The van der Waals surface area contributed by atoms with Gasteiger partial charge in [-0.2, -0.15) is 10.2 Å². The van der Waals surface area contributed by atoms with Gasteiger partial charge in [-0.05, 0) is 57.0 Å². The van der Waals surface area contributed by atoms with Crippen LogP contribution in [0.2, 0.25) is 0 Å². The molecule has 0 bridgehead atoms. The number of hydrogen-bond acceptors (Lipinski definition) is 22. The molecule has 16 N–H and O–H groups in total. The molecule has 3 aromatic rings. The Kier molecular flexibility index (Phi) is 27.4. The maximum absolute atomic E-state index is 13.1. The maximum atomic E-state index is 13.1. The second-order valence-electron chi connectivity index (χ2n) is 17.5. The first-order valence-electron chi connectivity index (χ1n) is 24.3. The van der Waals surface area contributed by atoms with E-state index >= 15 is 0 Å². The zero-order valence-corrected chi connectivity index (χ0v) is 45.8. The van der Waals surface area contributed by atoms with Crippen LogP contribution in [-0.4, -0.2) is 175 Å². The number of carbonyl (C=O) groups is 12. The van der Waals surface area contributed by atoms with Crippen LogP contribution in [0.4, 0.5) is 11.4 Å². The molecule has 34 nitrogen and oxygen atoms in total. The quantitative estimate of drug-likeness (QED) is 0.0133. The number of nitro groups is 2. The Hall–Kier alpha value is -9.94. The molecule has 0 saturated heterocycles. The Morgan fingerprint density at radius 3 is 1.26 bits per heavy atom. The van der Waals surface area contributed by atoms with Gasteiger partial charge in [-0.3, -0.25) is 77.8 Å². The van der Waals surface area contributed by atoms with E-state index in [-0.39, 0.29) is 56.4 Å². The lowest BCUT2D eigenvalue weighted by molar-refractivity contribution is -0.387. The van der Waals surface area contributed by atoms with Crippen LogP contribution < -0.4 is 54.2 Å². The van der Waals surface area contributed by atoms with Gasteiger partial charge in [-0.1, -0.05) is 18.2 Å². The maximum Gasteiger partial charge on any atom is 0.322 e. The van der Waals surface area contributed by atoms with Gasteiger partial charge in [0.05, 0.1) is 32.1 Å². The number of hydrazone groups is 2. The van der Waals surface area contributed by atoms with Crippen LogP contribution in [0.25, 0.3) is 0 Å². The van der Waals surface area contributed by atoms with Gasteiger partial charge in [-0.15, -0.1) is 23.5 Å². The lowest BCUT2D eigenvalue weighted by Gasteiger charge is -2.18. The second-order valence-corrected chi connectivity index (χ2v) is 19.6. The van der Waals surface area contributed by atoms with Crippen molar-refractivity contribution in [1.82, 2.24) is 42.8 Å². The Balaban J connectivity index is 1.58. The summed E-state index contributed by atoms with van der Waals surface area (Å²) in [6.45, 7) is 0.968. The molecule has 3 rings (SSSR count). The lowest BCUT2D eigenvalue weighted by atomic mass is 10.1. The smallest absolute Gasteiger partial charge is 0.322 e. The van der Waals surface area contributed by atoms with E-state index in [1.807, 2.05) is 0 Å². The van der Waals surface area contributed by atoms with Crippen molar-refractivity contribution in [3.05, 3.63) is 103 Å². The van der Waals surface area contributed by atoms with E-state index in [9.17, 15) is 77.8 Å². The molecule has 0 aliphatic carbocycles. The minimum atomic E-state index is -1.42. The third-order valence-electron chi connectivity index (χ3n) is 10.9. The van der Waals surface area contributed by atoms with Crippen LogP contribution >= 0.6 is 23.5 Å². The first-order valence-corrected chi connectivity index (χ1v) is 26.3. The van der Waals surface area contributed by atoms with Crippen molar-refractivity contribution >= 4 is 118 Å². The monoisotopic (exact) mass is 1210 g/mol. The van der Waals surface area contributed by atoms with Crippen molar-refractivity contribution < 1.29 is 87.8 Å². The van der Waals surface area contributed by atoms with Crippen LogP contribution in [0.1, 0.15) is 71.4 Å². The Labute approximate surface area is 482 Å². The Morgan fingerprint density at radius 2 is 0.929 bits per heavy atom. The fourth-order valence-corrected chi connectivity index (χ4v) is 8.48. The van der Waals surface area contributed by atoms with Gasteiger partial charge in [0, 0.05) is 58.7 Å². The van der Waals surface area contributed by atoms with Gasteiger partial charge >= 0.3 is 23.9 Å². The molecular weight excluding hydrogens is 1160 g/mol. The summed E-state index contributed by atoms with van der Waals surface area (Å²) in [6.07, 6.45) is 0.693. The molecule has 0 aromatic heterocycles. The highest BCUT2D eigenvalue weighted by Crippen LogP contribution is 2.32. The van der Waals surface area contributed by atoms with Crippen LogP contribution in [0.15, 0.2) is 80.7 Å². The molecule has 8 amide bonds. The predicted molar refractivity (Wildman–Crippen MR) is 294 cm³/mol. The highest BCUT2D eigenvalue weighted by Gasteiger charge is 2.28. The zero-order chi connectivity index (χ0) is 62.8. The summed E-state index contributed by atoms with van der Waals surface area (Å²) in [5.41, 5.74) is 14.2. The zero-order valence-electron chi connectivity index (χ0n) is 44.1. The van der Waals surface area contributed by atoms with Crippen LogP contribution in [-0.2, 0) is 47.9 Å². The SMILES string of the molecule is C[C@H](NC(=O)c1cccc(C(=O)N[C@@H](C)C(=O)N/N=C/c2ccc(SC[C@H](NC(=O)CC[C@H](N)C(=O)O)C(=O)NCC(=O)O)c([N+](=O)[O-])c2)c1)C(=O)N/N=C/c1ccc(SC[C@H](NC(=O)CC[C@H](N)C(=O)O)C(=O)NCC(=O)O)c([N+](=O)[O-])c1. The standard InChI is InChI=1S/C48H56N14O20S2/c1-23(41(69)59-53-17-25-6-10-35(33(14-25)61(79)80)83-21-31(45(73)51-19-39(65)66)57-37(63)12-8-29(49)47(75)76)55-43(71)27-4-3-5-28(16-27)44(72)56-24(2)42(70)60-54-18-26-7-11-36(34(15-26)62(81)82)84-22-32(46(74)52-20-40(67)68)58-38(64)13-9-30(50)48(77)78/h3-7,10-11,14-18,23-24,29-32H,8-9,12-13,19-22,49-50H2,1-2H3,(H,51,73)(H,52,74)(H,55,71)(H,56,72)(H,57,63)(H,58,64)(H,59,69)(H,60,70)(H,65,66)(H,67,68)(H,75,76)(H,77,78)/b53-17+,54-18+/t23-,24-,29-,30-,31-,32-/m0/s1. The molecule has 0 spiro atoms. The number of carboxylic acid groups (broad SMARTS) is 4. The van der Waals surface area contributed by atoms with Gasteiger partial charge in [0.15, 0.2) is 0 Å². The van der Waals surface area contributed by atoms with Gasteiger partial charge in [0.25, 0.3) is 35.0 Å². The average molecular weight is 1210 g/mol. The number of carbonyl (C=O) groups excluding carboxylic acids is 8. The highest BCUT2D eigenvalue weighted by molar-refractivity contribution is 7.99. The first kappa shape index (κ1) is 68.3. The summed E-state index contributed by atoms with van der Waals surface area (Å²) >= 11 is 1.50. The van der Waals surface area contributed by atoms with Gasteiger partial charge in [0.2, 0.25) is 23.6 Å². The molecule has 0 unspecified atom stereocenters. The molecule has 0 heterocycles. The molecule has 0 saturated carbocycles. The number of amides is 8.